The third-order valence-corrected chi connectivity index (χ3v) is 3.47. The number of hydrogen-bond acceptors (Lipinski definition) is 1. The summed E-state index contributed by atoms with van der Waals surface area (Å²) in [5, 5.41) is 3.88. The molecular weight excluding hydrogens is 280 g/mol. The van der Waals surface area contributed by atoms with Crippen molar-refractivity contribution in [1.82, 2.24) is 0 Å². The topological polar surface area (TPSA) is 29.1 Å². The molecule has 17 heavy (non-hydrogen) atoms. The maximum Gasteiger partial charge on any atom is 0.227 e. The van der Waals surface area contributed by atoms with Gasteiger partial charge in [-0.2, -0.15) is 0 Å². The highest BCUT2D eigenvalue weighted by Gasteiger charge is 2.14. The van der Waals surface area contributed by atoms with Crippen LogP contribution in [-0.2, 0) is 4.79 Å². The minimum absolute atomic E-state index is 0.0504. The highest BCUT2D eigenvalue weighted by atomic mass is 35.5. The number of rotatable bonds is 4. The lowest BCUT2D eigenvalue weighted by atomic mass is 10.1. The third kappa shape index (κ3) is 4.06. The maximum atomic E-state index is 11.8. The second-order valence-electron chi connectivity index (χ2n) is 3.93. The number of nitrogens with one attached hydrogen (secondary N) is 1. The van der Waals surface area contributed by atoms with Crippen molar-refractivity contribution in [3.8, 4) is 0 Å². The van der Waals surface area contributed by atoms with Crippen molar-refractivity contribution in [2.24, 2.45) is 5.92 Å². The summed E-state index contributed by atoms with van der Waals surface area (Å²) < 4.78 is 0. The summed E-state index contributed by atoms with van der Waals surface area (Å²) in [6.45, 7) is 3.92. The summed E-state index contributed by atoms with van der Waals surface area (Å²) in [6.07, 6.45) is 1.80. The Labute approximate surface area is 116 Å². The minimum atomic E-state index is -0.0628. The third-order valence-electron chi connectivity index (χ3n) is 2.44. The van der Waals surface area contributed by atoms with Gasteiger partial charge < -0.3 is 5.32 Å². The molecule has 0 radical (unpaired) electrons. The van der Waals surface area contributed by atoms with E-state index < -0.39 is 0 Å². The molecule has 2 nitrogen and oxygen atoms in total. The van der Waals surface area contributed by atoms with Crippen LogP contribution < -0.4 is 5.32 Å². The van der Waals surface area contributed by atoms with E-state index in [0.29, 0.717) is 20.8 Å². The van der Waals surface area contributed by atoms with Crippen LogP contribution >= 0.6 is 34.8 Å². The molecule has 0 aromatic heterocycles. The van der Waals surface area contributed by atoms with Gasteiger partial charge in [-0.15, -0.1) is 0 Å². The van der Waals surface area contributed by atoms with Gasteiger partial charge in [0.1, 0.15) is 0 Å². The monoisotopic (exact) mass is 293 g/mol. The smallest absolute Gasteiger partial charge is 0.227 e. The van der Waals surface area contributed by atoms with Crippen molar-refractivity contribution < 1.29 is 4.79 Å². The lowest BCUT2D eigenvalue weighted by Gasteiger charge is -2.12. The number of amides is 1. The molecule has 1 aromatic carbocycles. The van der Waals surface area contributed by atoms with Crippen molar-refractivity contribution in [3.63, 3.8) is 0 Å². The van der Waals surface area contributed by atoms with E-state index in [0.717, 1.165) is 12.8 Å². The van der Waals surface area contributed by atoms with Gasteiger partial charge in [0, 0.05) is 5.92 Å². The van der Waals surface area contributed by atoms with E-state index in [9.17, 15) is 4.79 Å². The molecule has 1 atom stereocenters. The van der Waals surface area contributed by atoms with Crippen LogP contribution in [0.3, 0.4) is 0 Å². The molecule has 0 saturated heterocycles. The van der Waals surface area contributed by atoms with E-state index >= 15 is 0 Å². The van der Waals surface area contributed by atoms with Gasteiger partial charge in [0.25, 0.3) is 0 Å². The fraction of sp³-hybridized carbons (Fsp3) is 0.417. The highest BCUT2D eigenvalue weighted by molar-refractivity contribution is 6.44. The summed E-state index contributed by atoms with van der Waals surface area (Å²) in [6, 6.07) is 3.08. The van der Waals surface area contributed by atoms with E-state index in [2.05, 4.69) is 5.32 Å². The maximum absolute atomic E-state index is 11.8. The number of halogens is 3. The molecule has 0 aliphatic carbocycles. The lowest BCUT2D eigenvalue weighted by molar-refractivity contribution is -0.119. The van der Waals surface area contributed by atoms with E-state index in [1.54, 1.807) is 6.07 Å². The van der Waals surface area contributed by atoms with Gasteiger partial charge in [0.2, 0.25) is 5.91 Å². The molecule has 1 N–H and O–H groups in total. The molecular formula is C12H14Cl3NO. The quantitative estimate of drug-likeness (QED) is 0.776. The molecule has 5 heteroatoms. The molecule has 0 aliphatic heterocycles. The first-order valence-electron chi connectivity index (χ1n) is 5.41. The molecule has 0 spiro atoms. The first-order chi connectivity index (χ1) is 7.95. The minimum Gasteiger partial charge on any atom is -0.324 e. The SMILES string of the molecule is CCCC(C)C(=O)Nc1cc(Cl)c(Cl)cc1Cl. The molecule has 0 aliphatic rings. The largest absolute Gasteiger partial charge is 0.324 e. The average Bonchev–Trinajstić information content (AvgIpc) is 2.26. The molecule has 0 fully saturated rings. The summed E-state index contributed by atoms with van der Waals surface area (Å²) in [7, 11) is 0. The normalized spacial score (nSPS) is 12.3. The fourth-order valence-corrected chi connectivity index (χ4v) is 2.03. The zero-order valence-corrected chi connectivity index (χ0v) is 12.0. The molecule has 0 bridgehead atoms. The average molecular weight is 295 g/mol. The van der Waals surface area contributed by atoms with Crippen molar-refractivity contribution in [3.05, 3.63) is 27.2 Å². The fourth-order valence-electron chi connectivity index (χ4n) is 1.44. The highest BCUT2D eigenvalue weighted by Crippen LogP contribution is 2.32. The van der Waals surface area contributed by atoms with Crippen LogP contribution in [0.15, 0.2) is 12.1 Å². The summed E-state index contributed by atoms with van der Waals surface area (Å²) in [4.78, 5) is 11.8. The summed E-state index contributed by atoms with van der Waals surface area (Å²) in [5.74, 6) is -0.113. The standard InChI is InChI=1S/C12H14Cl3NO/c1-3-4-7(2)12(17)16-11-6-9(14)8(13)5-10(11)15/h5-7H,3-4H2,1-2H3,(H,16,17). The first-order valence-corrected chi connectivity index (χ1v) is 6.54. The van der Waals surface area contributed by atoms with Gasteiger partial charge in [-0.25, -0.2) is 0 Å². The van der Waals surface area contributed by atoms with Crippen LogP contribution in [0.5, 0.6) is 0 Å². The van der Waals surface area contributed by atoms with Gasteiger partial charge >= 0.3 is 0 Å². The van der Waals surface area contributed by atoms with E-state index in [1.165, 1.54) is 6.07 Å². The molecule has 0 heterocycles. The van der Waals surface area contributed by atoms with Gasteiger partial charge in [0.15, 0.2) is 0 Å². The predicted molar refractivity (Wildman–Crippen MR) is 74.2 cm³/mol. The molecule has 0 saturated carbocycles. The zero-order chi connectivity index (χ0) is 13.0. The van der Waals surface area contributed by atoms with Crippen LogP contribution in [0.25, 0.3) is 0 Å². The zero-order valence-electron chi connectivity index (χ0n) is 9.69. The van der Waals surface area contributed by atoms with E-state index in [4.69, 9.17) is 34.8 Å². The second-order valence-corrected chi connectivity index (χ2v) is 5.15. The van der Waals surface area contributed by atoms with Gasteiger partial charge in [-0.3, -0.25) is 4.79 Å². The van der Waals surface area contributed by atoms with Gasteiger partial charge in [-0.1, -0.05) is 55.1 Å². The molecule has 94 valence electrons. The van der Waals surface area contributed by atoms with Crippen LogP contribution in [0.1, 0.15) is 26.7 Å². The van der Waals surface area contributed by atoms with Crippen molar-refractivity contribution in [2.45, 2.75) is 26.7 Å². The Balaban J connectivity index is 2.81. The van der Waals surface area contributed by atoms with Crippen LogP contribution in [-0.4, -0.2) is 5.91 Å². The predicted octanol–water partition coefficient (Wildman–Crippen LogP) is 5.02. The molecule has 1 aromatic rings. The number of carbonyl (C=O) groups excluding carboxylic acids is 1. The van der Waals surface area contributed by atoms with Crippen molar-refractivity contribution in [2.75, 3.05) is 5.32 Å². The Morgan fingerprint density at radius 3 is 2.41 bits per heavy atom. The number of anilines is 1. The first kappa shape index (κ1) is 14.6. The number of hydrogen-bond donors (Lipinski definition) is 1. The lowest BCUT2D eigenvalue weighted by Crippen LogP contribution is -2.20. The van der Waals surface area contributed by atoms with Gasteiger partial charge in [-0.05, 0) is 18.6 Å². The van der Waals surface area contributed by atoms with E-state index in [-0.39, 0.29) is 11.8 Å². The molecule has 1 unspecified atom stereocenters. The Kier molecular flexibility index (Phi) is 5.57. The molecule has 1 amide bonds. The van der Waals surface area contributed by atoms with Gasteiger partial charge in [0.05, 0.1) is 20.8 Å². The van der Waals surface area contributed by atoms with Crippen LogP contribution in [0.4, 0.5) is 5.69 Å². The number of benzene rings is 1. The van der Waals surface area contributed by atoms with Crippen molar-refractivity contribution >= 4 is 46.4 Å². The van der Waals surface area contributed by atoms with E-state index in [1.807, 2.05) is 13.8 Å². The Morgan fingerprint density at radius 1 is 1.24 bits per heavy atom. The second kappa shape index (κ2) is 6.48. The van der Waals surface area contributed by atoms with Crippen molar-refractivity contribution in [1.29, 1.82) is 0 Å². The van der Waals surface area contributed by atoms with Crippen LogP contribution in [0.2, 0.25) is 15.1 Å². The van der Waals surface area contributed by atoms with Crippen LogP contribution in [0, 0.1) is 5.92 Å². The summed E-state index contributed by atoms with van der Waals surface area (Å²) in [5.41, 5.74) is 0.494. The Morgan fingerprint density at radius 2 is 1.82 bits per heavy atom. The Bertz CT molecular complexity index is 420. The molecule has 1 rings (SSSR count). The summed E-state index contributed by atoms with van der Waals surface area (Å²) >= 11 is 17.6. The number of carbonyl (C=O) groups is 1. The Hall–Kier alpha value is -0.440.